The van der Waals surface area contributed by atoms with Crippen LogP contribution in [0.2, 0.25) is 0 Å². The summed E-state index contributed by atoms with van der Waals surface area (Å²) in [4.78, 5) is 8.12. The molecule has 3 rings (SSSR count). The average Bonchev–Trinajstić information content (AvgIpc) is 2.92. The van der Waals surface area contributed by atoms with Crippen molar-refractivity contribution in [3.05, 3.63) is 17.5 Å². The number of aromatic nitrogens is 2. The van der Waals surface area contributed by atoms with Gasteiger partial charge < -0.3 is 30.1 Å². The fraction of sp³-hybridized carbons (Fsp3) is 0.615. The fourth-order valence-corrected chi connectivity index (χ4v) is 2.69. The van der Waals surface area contributed by atoms with Gasteiger partial charge in [-0.3, -0.25) is 0 Å². The Kier molecular flexibility index (Phi) is 3.72. The first kappa shape index (κ1) is 15.1. The molecule has 0 amide bonds. The Morgan fingerprint density at radius 1 is 1.50 bits per heavy atom. The van der Waals surface area contributed by atoms with E-state index in [9.17, 15) is 15.3 Å². The number of anilines is 1. The maximum atomic E-state index is 10.3. The van der Waals surface area contributed by atoms with Crippen molar-refractivity contribution < 1.29 is 24.8 Å². The molecule has 2 bridgehead atoms. The summed E-state index contributed by atoms with van der Waals surface area (Å²) in [5.74, 6) is 0.128. The van der Waals surface area contributed by atoms with Gasteiger partial charge in [-0.15, -0.1) is 0 Å². The van der Waals surface area contributed by atoms with E-state index in [0.717, 1.165) is 0 Å². The van der Waals surface area contributed by atoms with Crippen molar-refractivity contribution >= 4 is 5.95 Å². The highest BCUT2D eigenvalue weighted by Gasteiger charge is 2.59. The van der Waals surface area contributed by atoms with Crippen molar-refractivity contribution in [2.45, 2.75) is 37.1 Å². The molecule has 9 heteroatoms. The summed E-state index contributed by atoms with van der Waals surface area (Å²) < 4.78 is 10.9. The molecule has 5 atom stereocenters. The minimum atomic E-state index is -1.33. The van der Waals surface area contributed by atoms with Crippen LogP contribution in [0, 0.1) is 18.3 Å². The van der Waals surface area contributed by atoms with Crippen LogP contribution in [0.5, 0.6) is 0 Å². The van der Waals surface area contributed by atoms with Crippen LogP contribution >= 0.6 is 0 Å². The number of ether oxygens (including phenoxy) is 2. The molecule has 2 fully saturated rings. The lowest BCUT2D eigenvalue weighted by Gasteiger charge is -2.41. The van der Waals surface area contributed by atoms with Gasteiger partial charge in [-0.2, -0.15) is 5.26 Å². The number of hydrogen-bond acceptors (Lipinski definition) is 9. The number of fused-ring (bicyclic) bond motifs is 2. The first-order chi connectivity index (χ1) is 10.5. The minimum absolute atomic E-state index is 0.0251. The quantitative estimate of drug-likeness (QED) is 0.513. The predicted molar refractivity (Wildman–Crippen MR) is 71.6 cm³/mol. The van der Waals surface area contributed by atoms with Crippen LogP contribution in [0.3, 0.4) is 0 Å². The first-order valence-electron chi connectivity index (χ1n) is 6.78. The molecule has 4 N–H and O–H groups in total. The third-order valence-corrected chi connectivity index (χ3v) is 3.90. The summed E-state index contributed by atoms with van der Waals surface area (Å²) in [6, 6.07) is 2.61. The van der Waals surface area contributed by atoms with Crippen molar-refractivity contribution in [3.8, 4) is 6.07 Å². The zero-order valence-corrected chi connectivity index (χ0v) is 11.8. The maximum Gasteiger partial charge on any atom is 0.224 e. The van der Waals surface area contributed by atoms with Gasteiger partial charge in [0.2, 0.25) is 5.95 Å². The topological polar surface area (TPSA) is 141 Å². The summed E-state index contributed by atoms with van der Waals surface area (Å²) in [5.41, 5.74) is -0.551. The smallest absolute Gasteiger partial charge is 0.224 e. The van der Waals surface area contributed by atoms with E-state index < -0.39 is 36.7 Å². The van der Waals surface area contributed by atoms with E-state index in [1.807, 2.05) is 6.07 Å². The van der Waals surface area contributed by atoms with E-state index in [1.165, 1.54) is 6.07 Å². The third kappa shape index (κ3) is 2.31. The highest BCUT2D eigenvalue weighted by atomic mass is 16.7. The molecular weight excluding hydrogens is 292 g/mol. The van der Waals surface area contributed by atoms with Gasteiger partial charge in [0.25, 0.3) is 0 Å². The standard InChI is InChI=1S/C13H16N4O5/c1-6-2-7(3-14)16-12(15-6)17-8-9(19)10(20)13(4-18)5-21-11(8)22-13/h2,8-11,18-20H,4-5H2,1H3,(H,15,16,17)/t8-,9-,10-,11+,13+/m1/s1. The van der Waals surface area contributed by atoms with Crippen molar-refractivity contribution in [2.75, 3.05) is 18.5 Å². The molecule has 22 heavy (non-hydrogen) atoms. The molecule has 9 nitrogen and oxygen atoms in total. The van der Waals surface area contributed by atoms with E-state index in [-0.39, 0.29) is 18.2 Å². The molecular formula is C13H16N4O5. The number of nitriles is 1. The summed E-state index contributed by atoms with van der Waals surface area (Å²) >= 11 is 0. The third-order valence-electron chi connectivity index (χ3n) is 3.90. The van der Waals surface area contributed by atoms with Crippen molar-refractivity contribution in [1.82, 2.24) is 9.97 Å². The van der Waals surface area contributed by atoms with E-state index in [4.69, 9.17) is 14.7 Å². The lowest BCUT2D eigenvalue weighted by atomic mass is 9.88. The fourth-order valence-electron chi connectivity index (χ4n) is 2.69. The molecule has 118 valence electrons. The number of aryl methyl sites for hydroxylation is 1. The molecule has 2 saturated heterocycles. The Morgan fingerprint density at radius 2 is 2.27 bits per heavy atom. The Morgan fingerprint density at radius 3 is 2.95 bits per heavy atom. The summed E-state index contributed by atoms with van der Waals surface area (Å²) in [7, 11) is 0. The Bertz CT molecular complexity index is 621. The monoisotopic (exact) mass is 308 g/mol. The summed E-state index contributed by atoms with van der Waals surface area (Å²) in [6.07, 6.45) is -3.43. The number of aliphatic hydroxyl groups is 3. The first-order valence-corrected chi connectivity index (χ1v) is 6.78. The minimum Gasteiger partial charge on any atom is -0.393 e. The van der Waals surface area contributed by atoms with Crippen LogP contribution in [0.4, 0.5) is 5.95 Å². The molecule has 2 aliphatic heterocycles. The van der Waals surface area contributed by atoms with E-state index in [1.54, 1.807) is 6.92 Å². The highest BCUT2D eigenvalue weighted by Crippen LogP contribution is 2.37. The average molecular weight is 308 g/mol. The van der Waals surface area contributed by atoms with Crippen LogP contribution in [0.15, 0.2) is 6.07 Å². The zero-order chi connectivity index (χ0) is 15.9. The summed E-state index contributed by atoms with van der Waals surface area (Å²) in [5, 5.41) is 41.6. The van der Waals surface area contributed by atoms with Gasteiger partial charge in [-0.1, -0.05) is 0 Å². The van der Waals surface area contributed by atoms with Crippen LogP contribution in [-0.4, -0.2) is 68.6 Å². The van der Waals surface area contributed by atoms with Crippen molar-refractivity contribution in [2.24, 2.45) is 0 Å². The number of aliphatic hydroxyl groups excluding tert-OH is 3. The summed E-state index contributed by atoms with van der Waals surface area (Å²) in [6.45, 7) is 1.22. The number of nitrogens with zero attached hydrogens (tertiary/aromatic N) is 3. The Labute approximate surface area is 126 Å². The van der Waals surface area contributed by atoms with E-state index >= 15 is 0 Å². The normalized spacial score (nSPS) is 36.9. The largest absolute Gasteiger partial charge is 0.393 e. The van der Waals surface area contributed by atoms with E-state index in [2.05, 4.69) is 15.3 Å². The second-order valence-electron chi connectivity index (χ2n) is 5.46. The molecule has 0 aromatic carbocycles. The second kappa shape index (κ2) is 5.42. The molecule has 3 heterocycles. The van der Waals surface area contributed by atoms with Gasteiger partial charge in [-0.25, -0.2) is 9.97 Å². The van der Waals surface area contributed by atoms with E-state index in [0.29, 0.717) is 5.69 Å². The second-order valence-corrected chi connectivity index (χ2v) is 5.46. The molecule has 0 radical (unpaired) electrons. The molecule has 1 aromatic heterocycles. The predicted octanol–water partition coefficient (Wildman–Crippen LogP) is -1.72. The molecule has 0 aliphatic carbocycles. The van der Waals surface area contributed by atoms with Crippen LogP contribution in [0.1, 0.15) is 11.4 Å². The maximum absolute atomic E-state index is 10.3. The Hall–Kier alpha value is -1.83. The van der Waals surface area contributed by atoms with Gasteiger partial charge in [-0.05, 0) is 13.0 Å². The molecule has 0 saturated carbocycles. The van der Waals surface area contributed by atoms with Crippen LogP contribution in [-0.2, 0) is 9.47 Å². The number of hydrogen-bond donors (Lipinski definition) is 4. The Balaban J connectivity index is 1.84. The SMILES string of the molecule is Cc1cc(C#N)nc(N[C@H]2[C@H]3OC[C@](CO)(O3)[C@H](O)[C@@H]2O)n1. The van der Waals surface area contributed by atoms with Gasteiger partial charge >= 0.3 is 0 Å². The number of nitrogens with one attached hydrogen (secondary N) is 1. The van der Waals surface area contributed by atoms with Gasteiger partial charge in [0, 0.05) is 5.69 Å². The highest BCUT2D eigenvalue weighted by molar-refractivity contribution is 5.35. The lowest BCUT2D eigenvalue weighted by molar-refractivity contribution is -0.224. The van der Waals surface area contributed by atoms with Gasteiger partial charge in [0.1, 0.15) is 35.6 Å². The van der Waals surface area contributed by atoms with Crippen LogP contribution in [0.25, 0.3) is 0 Å². The molecule has 2 aliphatic rings. The molecule has 1 aromatic rings. The van der Waals surface area contributed by atoms with Crippen LogP contribution < -0.4 is 5.32 Å². The molecule has 0 spiro atoms. The zero-order valence-electron chi connectivity index (χ0n) is 11.8. The van der Waals surface area contributed by atoms with Crippen molar-refractivity contribution in [3.63, 3.8) is 0 Å². The number of rotatable bonds is 3. The lowest BCUT2D eigenvalue weighted by Crippen LogP contribution is -2.64. The van der Waals surface area contributed by atoms with Gasteiger partial charge in [0.15, 0.2) is 6.29 Å². The van der Waals surface area contributed by atoms with Gasteiger partial charge in [0.05, 0.1) is 13.2 Å². The molecule has 0 unspecified atom stereocenters. The van der Waals surface area contributed by atoms with Crippen molar-refractivity contribution in [1.29, 1.82) is 5.26 Å².